The first-order valence-corrected chi connectivity index (χ1v) is 4.89. The molecule has 0 aromatic heterocycles. The second-order valence-electron chi connectivity index (χ2n) is 2.84. The largest absolute Gasteiger partial charge is 0.450 e. The summed E-state index contributed by atoms with van der Waals surface area (Å²) >= 11 is 0. The van der Waals surface area contributed by atoms with E-state index in [1.807, 2.05) is 0 Å². The van der Waals surface area contributed by atoms with Crippen LogP contribution in [0.15, 0.2) is 0 Å². The molecular weight excluding hydrogens is 186 g/mol. The van der Waals surface area contributed by atoms with Gasteiger partial charge in [-0.2, -0.15) is 0 Å². The van der Waals surface area contributed by atoms with Gasteiger partial charge in [0, 0.05) is 26.3 Å². The number of ether oxygens (including phenoxy) is 1. The molecule has 0 aliphatic carbocycles. The Kier molecular flexibility index (Phi) is 8.27. The number of carbonyl (C=O) groups is 1. The van der Waals surface area contributed by atoms with Crippen LogP contribution in [0.3, 0.4) is 0 Å². The monoisotopic (exact) mass is 205 g/mol. The van der Waals surface area contributed by atoms with Crippen LogP contribution in [0.4, 0.5) is 4.79 Å². The van der Waals surface area contributed by atoms with E-state index in [-0.39, 0.29) is 19.3 Å². The molecule has 0 spiro atoms. The van der Waals surface area contributed by atoms with Crippen LogP contribution in [-0.4, -0.2) is 54.1 Å². The lowest BCUT2D eigenvalue weighted by Gasteiger charge is -2.20. The molecule has 0 heterocycles. The highest BCUT2D eigenvalue weighted by atomic mass is 16.6. The molecule has 0 aromatic carbocycles. The topological polar surface area (TPSA) is 70.0 Å². The number of aliphatic hydroxyl groups is 2. The van der Waals surface area contributed by atoms with Crippen LogP contribution in [0.2, 0.25) is 0 Å². The summed E-state index contributed by atoms with van der Waals surface area (Å²) in [6.45, 7) is 3.12. The Morgan fingerprint density at radius 3 is 2.07 bits per heavy atom. The third kappa shape index (κ3) is 5.77. The highest BCUT2D eigenvalue weighted by Crippen LogP contribution is 1.98. The Labute approximate surface area is 84.3 Å². The predicted octanol–water partition coefficient (Wildman–Crippen LogP) is 0.210. The second-order valence-corrected chi connectivity index (χ2v) is 2.84. The maximum Gasteiger partial charge on any atom is 0.409 e. The Balaban J connectivity index is 3.88. The number of hydrogen-bond donors (Lipinski definition) is 2. The van der Waals surface area contributed by atoms with E-state index in [4.69, 9.17) is 14.9 Å². The summed E-state index contributed by atoms with van der Waals surface area (Å²) in [7, 11) is 0. The zero-order valence-electron chi connectivity index (χ0n) is 8.61. The fraction of sp³-hybridized carbons (Fsp3) is 0.889. The maximum absolute atomic E-state index is 11.3. The van der Waals surface area contributed by atoms with Crippen molar-refractivity contribution in [2.45, 2.75) is 19.8 Å². The summed E-state index contributed by atoms with van der Waals surface area (Å²) in [5, 5.41) is 17.2. The Morgan fingerprint density at radius 1 is 1.21 bits per heavy atom. The molecule has 0 bridgehead atoms. The summed E-state index contributed by atoms with van der Waals surface area (Å²) < 4.78 is 4.82. The zero-order valence-corrected chi connectivity index (χ0v) is 8.61. The van der Waals surface area contributed by atoms with Crippen molar-refractivity contribution in [3.63, 3.8) is 0 Å². The molecule has 0 atom stereocenters. The summed E-state index contributed by atoms with van der Waals surface area (Å²) in [6.07, 6.45) is 0.684. The molecular formula is C9H19NO4. The third-order valence-corrected chi connectivity index (χ3v) is 1.70. The Hall–Kier alpha value is -0.810. The molecule has 0 saturated heterocycles. The number of hydrogen-bond acceptors (Lipinski definition) is 4. The van der Waals surface area contributed by atoms with Crippen molar-refractivity contribution < 1.29 is 19.7 Å². The van der Waals surface area contributed by atoms with E-state index in [9.17, 15) is 4.79 Å². The zero-order chi connectivity index (χ0) is 10.8. The molecule has 0 aliphatic heterocycles. The van der Waals surface area contributed by atoms with Gasteiger partial charge in [-0.25, -0.2) is 4.79 Å². The van der Waals surface area contributed by atoms with Crippen LogP contribution in [0, 0.1) is 0 Å². The lowest BCUT2D eigenvalue weighted by molar-refractivity contribution is 0.101. The van der Waals surface area contributed by atoms with Crippen molar-refractivity contribution >= 4 is 6.09 Å². The molecule has 1 amide bonds. The summed E-state index contributed by atoms with van der Waals surface area (Å²) in [5.74, 6) is 0. The van der Waals surface area contributed by atoms with Crippen molar-refractivity contribution in [2.75, 3.05) is 32.9 Å². The van der Waals surface area contributed by atoms with E-state index in [0.29, 0.717) is 32.5 Å². The minimum absolute atomic E-state index is 0.0506. The fourth-order valence-electron chi connectivity index (χ4n) is 1.03. The van der Waals surface area contributed by atoms with Gasteiger partial charge in [-0.1, -0.05) is 0 Å². The normalized spacial score (nSPS) is 9.93. The molecule has 5 nitrogen and oxygen atoms in total. The van der Waals surface area contributed by atoms with Crippen LogP contribution in [0.1, 0.15) is 19.8 Å². The third-order valence-electron chi connectivity index (χ3n) is 1.70. The predicted molar refractivity (Wildman–Crippen MR) is 52.0 cm³/mol. The van der Waals surface area contributed by atoms with Crippen molar-refractivity contribution in [1.29, 1.82) is 0 Å². The average Bonchev–Trinajstić information content (AvgIpc) is 2.18. The van der Waals surface area contributed by atoms with Crippen LogP contribution in [0.5, 0.6) is 0 Å². The molecule has 0 saturated carbocycles. The van der Waals surface area contributed by atoms with Gasteiger partial charge in [-0.3, -0.25) is 0 Å². The summed E-state index contributed by atoms with van der Waals surface area (Å²) in [4.78, 5) is 12.8. The van der Waals surface area contributed by atoms with Crippen LogP contribution in [0.25, 0.3) is 0 Å². The van der Waals surface area contributed by atoms with E-state index in [1.54, 1.807) is 6.92 Å². The lowest BCUT2D eigenvalue weighted by atomic mass is 10.3. The van der Waals surface area contributed by atoms with Gasteiger partial charge in [0.25, 0.3) is 0 Å². The van der Waals surface area contributed by atoms with Gasteiger partial charge in [-0.15, -0.1) is 0 Å². The maximum atomic E-state index is 11.3. The van der Waals surface area contributed by atoms with Crippen molar-refractivity contribution in [2.24, 2.45) is 0 Å². The molecule has 84 valence electrons. The van der Waals surface area contributed by atoms with Gasteiger partial charge in [-0.05, 0) is 19.8 Å². The first kappa shape index (κ1) is 13.2. The van der Waals surface area contributed by atoms with E-state index in [2.05, 4.69) is 0 Å². The highest BCUT2D eigenvalue weighted by molar-refractivity contribution is 5.67. The summed E-state index contributed by atoms with van der Waals surface area (Å²) in [6, 6.07) is 0. The van der Waals surface area contributed by atoms with Gasteiger partial charge < -0.3 is 19.8 Å². The second kappa shape index (κ2) is 8.77. The Bertz CT molecular complexity index is 144. The Morgan fingerprint density at radius 2 is 1.71 bits per heavy atom. The lowest BCUT2D eigenvalue weighted by Crippen LogP contribution is -2.34. The van der Waals surface area contributed by atoms with Crippen molar-refractivity contribution in [1.82, 2.24) is 4.90 Å². The quantitative estimate of drug-likeness (QED) is 0.623. The van der Waals surface area contributed by atoms with E-state index in [1.165, 1.54) is 4.90 Å². The fourth-order valence-corrected chi connectivity index (χ4v) is 1.03. The minimum Gasteiger partial charge on any atom is -0.450 e. The van der Waals surface area contributed by atoms with Gasteiger partial charge in [0.15, 0.2) is 0 Å². The van der Waals surface area contributed by atoms with Crippen LogP contribution in [-0.2, 0) is 4.74 Å². The number of amides is 1. The first-order valence-electron chi connectivity index (χ1n) is 4.89. The molecule has 14 heavy (non-hydrogen) atoms. The molecule has 0 radical (unpaired) electrons. The van der Waals surface area contributed by atoms with Crippen molar-refractivity contribution in [3.05, 3.63) is 0 Å². The number of nitrogens with zero attached hydrogens (tertiary/aromatic N) is 1. The van der Waals surface area contributed by atoms with Crippen molar-refractivity contribution in [3.8, 4) is 0 Å². The molecule has 5 heteroatoms. The van der Waals surface area contributed by atoms with Gasteiger partial charge in [0.2, 0.25) is 0 Å². The van der Waals surface area contributed by atoms with Crippen LogP contribution < -0.4 is 0 Å². The molecule has 0 rings (SSSR count). The van der Waals surface area contributed by atoms with Gasteiger partial charge in [0.1, 0.15) is 0 Å². The highest BCUT2D eigenvalue weighted by Gasteiger charge is 2.12. The summed E-state index contributed by atoms with van der Waals surface area (Å²) in [5.41, 5.74) is 0. The number of rotatable bonds is 7. The number of aliphatic hydroxyl groups excluding tert-OH is 2. The van der Waals surface area contributed by atoms with E-state index >= 15 is 0 Å². The van der Waals surface area contributed by atoms with Crippen LogP contribution >= 0.6 is 0 Å². The smallest absolute Gasteiger partial charge is 0.409 e. The minimum atomic E-state index is -0.380. The molecule has 0 aliphatic rings. The van der Waals surface area contributed by atoms with Gasteiger partial charge in [0.05, 0.1) is 6.61 Å². The molecule has 0 fully saturated rings. The molecule has 0 aromatic rings. The number of carbonyl (C=O) groups excluding carboxylic acids is 1. The molecule has 0 unspecified atom stereocenters. The standard InChI is InChI=1S/C9H19NO4/c1-2-14-9(13)10(5-3-7-11)6-4-8-12/h11-12H,2-8H2,1H3. The van der Waals surface area contributed by atoms with Gasteiger partial charge >= 0.3 is 6.09 Å². The molecule has 2 N–H and O–H groups in total. The van der Waals surface area contributed by atoms with E-state index < -0.39 is 0 Å². The SMILES string of the molecule is CCOC(=O)N(CCCO)CCCO. The first-order chi connectivity index (χ1) is 6.76. The van der Waals surface area contributed by atoms with E-state index in [0.717, 1.165) is 0 Å². The average molecular weight is 205 g/mol.